The van der Waals surface area contributed by atoms with E-state index in [4.69, 9.17) is 8.57 Å². The first-order valence-electron chi connectivity index (χ1n) is 14.6. The fourth-order valence-electron chi connectivity index (χ4n) is 9.02. The van der Waals surface area contributed by atoms with E-state index >= 15 is 0 Å². The van der Waals surface area contributed by atoms with Gasteiger partial charge in [0.2, 0.25) is 0 Å². The van der Waals surface area contributed by atoms with E-state index in [9.17, 15) is 65.6 Å². The van der Waals surface area contributed by atoms with Gasteiger partial charge >= 0.3 is 0 Å². The van der Waals surface area contributed by atoms with E-state index in [0.29, 0.717) is 0 Å². The van der Waals surface area contributed by atoms with Crippen LogP contribution in [-0.4, -0.2) is 106 Å². The fourth-order valence-corrected chi connectivity index (χ4v) is 11.5. The Kier molecular flexibility index (Phi) is 6.27. The van der Waals surface area contributed by atoms with Gasteiger partial charge in [0, 0.05) is 23.7 Å². The number of carbonyl (C=O) groups excluding carboxylic acids is 8. The molecule has 254 valence electrons. The molecular formula is C26H22N4O16S2. The first kappa shape index (κ1) is 31.1. The lowest BCUT2D eigenvalue weighted by Gasteiger charge is -2.44. The van der Waals surface area contributed by atoms with Gasteiger partial charge in [0.05, 0.1) is 58.8 Å². The topological polar surface area (TPSA) is 277 Å². The Bertz CT molecular complexity index is 1740. The summed E-state index contributed by atoms with van der Waals surface area (Å²) < 4.78 is 60.7. The van der Waals surface area contributed by atoms with Crippen molar-refractivity contribution >= 4 is 67.5 Å². The van der Waals surface area contributed by atoms with Gasteiger partial charge in [0.1, 0.15) is 0 Å². The maximum atomic E-state index is 13.2. The lowest BCUT2D eigenvalue weighted by atomic mass is 9.54. The first-order valence-corrected chi connectivity index (χ1v) is 17.7. The number of hydrogen-bond acceptors (Lipinski definition) is 16. The molecule has 4 bridgehead atoms. The molecule has 12 unspecified atom stereocenters. The molecule has 4 saturated heterocycles. The Labute approximate surface area is 268 Å². The van der Waals surface area contributed by atoms with Gasteiger partial charge in [-0.2, -0.15) is 27.0 Å². The SMILES string of the molecule is O=C1C2C3C=CC(C2C(=O)N1O)C1C(=O)N(OS(=O)(=O)CCS(=O)(=O)ON2C(=O)C4C5C=CC(C6C(=O)N(O)C(=O)C56)C4C2=O)C(=O)C31. The molecule has 20 nitrogen and oxygen atoms in total. The quantitative estimate of drug-likeness (QED) is 0.146. The summed E-state index contributed by atoms with van der Waals surface area (Å²) in [6.45, 7) is 0. The van der Waals surface area contributed by atoms with Gasteiger partial charge in [0.25, 0.3) is 67.5 Å². The molecule has 4 aliphatic heterocycles. The molecule has 2 N–H and O–H groups in total. The summed E-state index contributed by atoms with van der Waals surface area (Å²) in [5.74, 6) is -25.4. The van der Waals surface area contributed by atoms with Gasteiger partial charge in [-0.1, -0.05) is 24.3 Å². The van der Waals surface area contributed by atoms with Crippen molar-refractivity contribution in [3.8, 4) is 0 Å². The van der Waals surface area contributed by atoms with Crippen LogP contribution < -0.4 is 0 Å². The van der Waals surface area contributed by atoms with Gasteiger partial charge < -0.3 is 0 Å². The largest absolute Gasteiger partial charge is 0.289 e. The second-order valence-corrected chi connectivity index (χ2v) is 16.2. The molecule has 0 aromatic heterocycles. The van der Waals surface area contributed by atoms with Crippen molar-refractivity contribution in [3.05, 3.63) is 24.3 Å². The minimum atomic E-state index is -5.07. The van der Waals surface area contributed by atoms with Crippen molar-refractivity contribution in [2.75, 3.05) is 11.5 Å². The van der Waals surface area contributed by atoms with Gasteiger partial charge in [-0.15, -0.1) is 18.7 Å². The predicted octanol–water partition coefficient (Wildman–Crippen LogP) is -3.68. The number of hydroxylamine groups is 8. The summed E-state index contributed by atoms with van der Waals surface area (Å²) >= 11 is 0. The third kappa shape index (κ3) is 3.82. The number of hydrogen-bond donors (Lipinski definition) is 2. The van der Waals surface area contributed by atoms with E-state index in [0.717, 1.165) is 0 Å². The van der Waals surface area contributed by atoms with Crippen molar-refractivity contribution in [3.63, 3.8) is 0 Å². The Morgan fingerprint density at radius 3 is 0.875 bits per heavy atom. The summed E-state index contributed by atoms with van der Waals surface area (Å²) in [7, 11) is -10.1. The molecule has 8 amide bonds. The predicted molar refractivity (Wildman–Crippen MR) is 141 cm³/mol. The van der Waals surface area contributed by atoms with E-state index < -0.39 is 150 Å². The smallest absolute Gasteiger partial charge is 0.278 e. The molecule has 0 aromatic carbocycles. The lowest BCUT2D eigenvalue weighted by Crippen LogP contribution is -2.50. The first-order chi connectivity index (χ1) is 22.5. The molecule has 10 aliphatic rings. The molecule has 0 aromatic rings. The summed E-state index contributed by atoms with van der Waals surface area (Å²) in [5.41, 5.74) is 0. The number of nitrogens with zero attached hydrogens (tertiary/aromatic N) is 4. The van der Waals surface area contributed by atoms with Crippen molar-refractivity contribution in [1.82, 2.24) is 20.3 Å². The Morgan fingerprint density at radius 2 is 0.646 bits per heavy atom. The molecule has 6 aliphatic carbocycles. The zero-order valence-electron chi connectivity index (χ0n) is 23.9. The highest BCUT2D eigenvalue weighted by molar-refractivity contribution is 7.90. The van der Waals surface area contributed by atoms with Crippen molar-refractivity contribution < 1.29 is 74.2 Å². The average molecular weight is 711 g/mol. The zero-order valence-corrected chi connectivity index (χ0v) is 25.5. The standard InChI is InChI=1S/C26H22N4O16S2/c31-19-11-7-1-2-8(12(11)20(32)27(19)39)16-15(7)23(35)29(24(16)36)45-47(41,42)5-6-48(43,44)46-30-25(37)17-9-3-4-10(18(17)26(30)38)14-13(9)21(33)28(40)22(14)34/h1-4,7-18,39-40H,5-6H2. The number of allylic oxidation sites excluding steroid dienone is 4. The van der Waals surface area contributed by atoms with Crippen LogP contribution in [-0.2, 0) is 67.2 Å². The summed E-state index contributed by atoms with van der Waals surface area (Å²) in [4.78, 5) is 103. The number of imide groups is 4. The number of rotatable bonds is 7. The van der Waals surface area contributed by atoms with Crippen LogP contribution in [0.25, 0.3) is 0 Å². The van der Waals surface area contributed by atoms with Crippen LogP contribution in [0.1, 0.15) is 0 Å². The minimum Gasteiger partial charge on any atom is -0.278 e. The second-order valence-electron chi connectivity index (χ2n) is 12.9. The molecule has 2 saturated carbocycles. The number of amides is 8. The molecule has 10 rings (SSSR count). The molecule has 4 heterocycles. The summed E-state index contributed by atoms with van der Waals surface area (Å²) in [6.07, 6.45) is 5.75. The minimum absolute atomic E-state index is 0.0610. The van der Waals surface area contributed by atoms with E-state index in [-0.39, 0.29) is 20.3 Å². The van der Waals surface area contributed by atoms with Crippen LogP contribution in [0.5, 0.6) is 0 Å². The van der Waals surface area contributed by atoms with Crippen LogP contribution in [0.4, 0.5) is 0 Å². The number of carbonyl (C=O) groups is 8. The van der Waals surface area contributed by atoms with E-state index in [2.05, 4.69) is 0 Å². The van der Waals surface area contributed by atoms with Crippen LogP contribution in [0.15, 0.2) is 24.3 Å². The fraction of sp³-hybridized carbons (Fsp3) is 0.538. The molecule has 6 fully saturated rings. The molecule has 22 heteroatoms. The van der Waals surface area contributed by atoms with Gasteiger partial charge in [-0.3, -0.25) is 48.8 Å². The molecular weight excluding hydrogens is 688 g/mol. The van der Waals surface area contributed by atoms with E-state index in [1.54, 1.807) is 0 Å². The summed E-state index contributed by atoms with van der Waals surface area (Å²) in [6, 6.07) is 0. The Hall–Kier alpha value is -4.22. The molecule has 48 heavy (non-hydrogen) atoms. The Balaban J connectivity index is 0.947. The van der Waals surface area contributed by atoms with Gasteiger partial charge in [-0.05, 0) is 0 Å². The van der Waals surface area contributed by atoms with Crippen LogP contribution in [0, 0.1) is 71.0 Å². The van der Waals surface area contributed by atoms with E-state index in [1.165, 1.54) is 24.3 Å². The monoisotopic (exact) mass is 710 g/mol. The maximum Gasteiger partial charge on any atom is 0.289 e. The average Bonchev–Trinajstić information content (AvgIpc) is 3.65. The van der Waals surface area contributed by atoms with Crippen LogP contribution >= 0.6 is 0 Å². The lowest BCUT2D eigenvalue weighted by molar-refractivity contribution is -0.174. The molecule has 0 spiro atoms. The zero-order chi connectivity index (χ0) is 34.5. The van der Waals surface area contributed by atoms with Crippen molar-refractivity contribution in [2.45, 2.75) is 0 Å². The normalized spacial score (nSPS) is 41.0. The molecule has 0 radical (unpaired) electrons. The van der Waals surface area contributed by atoms with E-state index in [1.807, 2.05) is 0 Å². The molecule has 12 atom stereocenters. The highest BCUT2D eigenvalue weighted by Gasteiger charge is 2.71. The van der Waals surface area contributed by atoms with Crippen LogP contribution in [0.2, 0.25) is 0 Å². The summed E-state index contributed by atoms with van der Waals surface area (Å²) in [5, 5.41) is 19.4. The van der Waals surface area contributed by atoms with Crippen molar-refractivity contribution in [2.24, 2.45) is 71.0 Å². The highest BCUT2D eigenvalue weighted by Crippen LogP contribution is 2.59. The van der Waals surface area contributed by atoms with Crippen molar-refractivity contribution in [1.29, 1.82) is 0 Å². The Morgan fingerprint density at radius 1 is 0.438 bits per heavy atom. The van der Waals surface area contributed by atoms with Gasteiger partial charge in [0.15, 0.2) is 0 Å². The second kappa shape index (κ2) is 9.69. The highest BCUT2D eigenvalue weighted by atomic mass is 32.2. The van der Waals surface area contributed by atoms with Gasteiger partial charge in [-0.25, -0.2) is 0 Å². The van der Waals surface area contributed by atoms with Crippen LogP contribution in [0.3, 0.4) is 0 Å². The third-order valence-electron chi connectivity index (χ3n) is 10.9. The maximum absolute atomic E-state index is 13.2. The third-order valence-corrected chi connectivity index (χ3v) is 13.3.